The van der Waals surface area contributed by atoms with Gasteiger partial charge in [-0.3, -0.25) is 0 Å². The molecule has 0 bridgehead atoms. The third-order valence-electron chi connectivity index (χ3n) is 4.61. The first-order valence-electron chi connectivity index (χ1n) is 7.90. The van der Waals surface area contributed by atoms with Gasteiger partial charge in [0.15, 0.2) is 0 Å². The van der Waals surface area contributed by atoms with E-state index < -0.39 is 0 Å². The first-order valence-corrected chi connectivity index (χ1v) is 7.90. The van der Waals surface area contributed by atoms with E-state index in [1.54, 1.807) is 0 Å². The maximum atomic E-state index is 3.82. The average Bonchev–Trinajstić information content (AvgIpc) is 2.38. The summed E-state index contributed by atoms with van der Waals surface area (Å²) in [6.45, 7) is 9.05. The van der Waals surface area contributed by atoms with Crippen molar-refractivity contribution < 1.29 is 0 Å². The van der Waals surface area contributed by atoms with Crippen molar-refractivity contribution in [2.24, 2.45) is 5.92 Å². The topological polar surface area (TPSA) is 12.0 Å². The van der Waals surface area contributed by atoms with E-state index in [-0.39, 0.29) is 0 Å². The summed E-state index contributed by atoms with van der Waals surface area (Å²) in [6.07, 6.45) is 7.11. The molecule has 0 amide bonds. The standard InChI is InChI=1S/C18H29N/c1-13-10-14(2)12-18(11-13)16(4)19-15(3)17-8-6-5-7-9-17/h10-12,15-17,19H,5-9H2,1-4H3. The van der Waals surface area contributed by atoms with Gasteiger partial charge >= 0.3 is 0 Å². The van der Waals surface area contributed by atoms with Crippen molar-refractivity contribution in [3.8, 4) is 0 Å². The Bertz CT molecular complexity index is 384. The highest BCUT2D eigenvalue weighted by molar-refractivity contribution is 5.30. The summed E-state index contributed by atoms with van der Waals surface area (Å²) in [7, 11) is 0. The molecule has 1 N–H and O–H groups in total. The van der Waals surface area contributed by atoms with Crippen LogP contribution in [0, 0.1) is 19.8 Å². The second-order valence-electron chi connectivity index (χ2n) is 6.50. The van der Waals surface area contributed by atoms with Crippen LogP contribution in [0.5, 0.6) is 0 Å². The van der Waals surface area contributed by atoms with Gasteiger partial charge in [0.05, 0.1) is 0 Å². The van der Waals surface area contributed by atoms with Crippen LogP contribution in [-0.4, -0.2) is 6.04 Å². The number of hydrogen-bond acceptors (Lipinski definition) is 1. The van der Waals surface area contributed by atoms with Crippen LogP contribution >= 0.6 is 0 Å². The van der Waals surface area contributed by atoms with Crippen LogP contribution in [-0.2, 0) is 0 Å². The fraction of sp³-hybridized carbons (Fsp3) is 0.667. The zero-order valence-electron chi connectivity index (χ0n) is 13.0. The highest BCUT2D eigenvalue weighted by atomic mass is 14.9. The second kappa shape index (κ2) is 6.56. The van der Waals surface area contributed by atoms with E-state index in [0.29, 0.717) is 12.1 Å². The Morgan fingerprint density at radius 1 is 0.947 bits per heavy atom. The number of rotatable bonds is 4. The zero-order valence-corrected chi connectivity index (χ0v) is 13.0. The first-order chi connectivity index (χ1) is 9.06. The van der Waals surface area contributed by atoms with Gasteiger partial charge in [0, 0.05) is 12.1 Å². The van der Waals surface area contributed by atoms with Crippen LogP contribution in [0.25, 0.3) is 0 Å². The normalized spacial score (nSPS) is 20.2. The lowest BCUT2D eigenvalue weighted by atomic mass is 9.84. The summed E-state index contributed by atoms with van der Waals surface area (Å²) in [5, 5.41) is 3.82. The third-order valence-corrected chi connectivity index (χ3v) is 4.61. The maximum Gasteiger partial charge on any atom is 0.0294 e. The molecule has 1 fully saturated rings. The molecule has 1 aliphatic carbocycles. The van der Waals surface area contributed by atoms with Crippen LogP contribution in [0.15, 0.2) is 18.2 Å². The highest BCUT2D eigenvalue weighted by Crippen LogP contribution is 2.28. The number of hydrogen-bond donors (Lipinski definition) is 1. The highest BCUT2D eigenvalue weighted by Gasteiger charge is 2.21. The Morgan fingerprint density at radius 3 is 2.11 bits per heavy atom. The zero-order chi connectivity index (χ0) is 13.8. The van der Waals surface area contributed by atoms with Crippen molar-refractivity contribution in [2.45, 2.75) is 71.9 Å². The van der Waals surface area contributed by atoms with Gasteiger partial charge in [0.1, 0.15) is 0 Å². The Balaban J connectivity index is 1.97. The van der Waals surface area contributed by atoms with Gasteiger partial charge in [-0.15, -0.1) is 0 Å². The monoisotopic (exact) mass is 259 g/mol. The van der Waals surface area contributed by atoms with E-state index in [0.717, 1.165) is 5.92 Å². The molecule has 0 spiro atoms. The van der Waals surface area contributed by atoms with E-state index in [1.807, 2.05) is 0 Å². The predicted molar refractivity (Wildman–Crippen MR) is 83.5 cm³/mol. The van der Waals surface area contributed by atoms with Gasteiger partial charge in [0.25, 0.3) is 0 Å². The third kappa shape index (κ3) is 4.07. The molecule has 1 nitrogen and oxygen atoms in total. The smallest absolute Gasteiger partial charge is 0.0294 e. The molecule has 1 saturated carbocycles. The molecule has 0 heterocycles. The maximum absolute atomic E-state index is 3.82. The molecule has 1 aromatic rings. The number of aryl methyl sites for hydroxylation is 2. The molecule has 2 atom stereocenters. The van der Waals surface area contributed by atoms with Crippen molar-refractivity contribution in [2.75, 3.05) is 0 Å². The van der Waals surface area contributed by atoms with Gasteiger partial charge in [-0.1, -0.05) is 48.6 Å². The molecule has 1 aromatic carbocycles. The van der Waals surface area contributed by atoms with E-state index in [4.69, 9.17) is 0 Å². The quantitative estimate of drug-likeness (QED) is 0.809. The van der Waals surface area contributed by atoms with Gasteiger partial charge < -0.3 is 5.32 Å². The minimum absolute atomic E-state index is 0.454. The summed E-state index contributed by atoms with van der Waals surface area (Å²) in [5.74, 6) is 0.877. The summed E-state index contributed by atoms with van der Waals surface area (Å²) >= 11 is 0. The van der Waals surface area contributed by atoms with Crippen molar-refractivity contribution >= 4 is 0 Å². The summed E-state index contributed by atoms with van der Waals surface area (Å²) in [5.41, 5.74) is 4.17. The molecule has 0 aliphatic heterocycles. The van der Waals surface area contributed by atoms with Crippen molar-refractivity contribution in [1.82, 2.24) is 5.32 Å². The van der Waals surface area contributed by atoms with Crippen LogP contribution in [0.2, 0.25) is 0 Å². The Morgan fingerprint density at radius 2 is 1.53 bits per heavy atom. The molecule has 1 heteroatoms. The SMILES string of the molecule is Cc1cc(C)cc(C(C)NC(C)C2CCCCC2)c1. The molecule has 0 aromatic heterocycles. The molecule has 0 radical (unpaired) electrons. The minimum atomic E-state index is 0.454. The Kier molecular flexibility index (Phi) is 5.04. The Hall–Kier alpha value is -0.820. The van der Waals surface area contributed by atoms with Crippen LogP contribution in [0.4, 0.5) is 0 Å². The number of nitrogens with one attached hydrogen (secondary N) is 1. The van der Waals surface area contributed by atoms with E-state index >= 15 is 0 Å². The molecule has 2 rings (SSSR count). The van der Waals surface area contributed by atoms with Crippen molar-refractivity contribution in [1.29, 1.82) is 0 Å². The van der Waals surface area contributed by atoms with Gasteiger partial charge in [0.2, 0.25) is 0 Å². The average molecular weight is 259 g/mol. The van der Waals surface area contributed by atoms with Crippen molar-refractivity contribution in [3.63, 3.8) is 0 Å². The lowest BCUT2D eigenvalue weighted by molar-refractivity contribution is 0.268. The van der Waals surface area contributed by atoms with Crippen LogP contribution in [0.3, 0.4) is 0 Å². The molecular formula is C18H29N. The lowest BCUT2D eigenvalue weighted by Crippen LogP contribution is -2.36. The summed E-state index contributed by atoms with van der Waals surface area (Å²) in [4.78, 5) is 0. The number of benzene rings is 1. The molecule has 106 valence electrons. The molecule has 19 heavy (non-hydrogen) atoms. The van der Waals surface area contributed by atoms with E-state index in [2.05, 4.69) is 51.2 Å². The van der Waals surface area contributed by atoms with Crippen LogP contribution in [0.1, 0.15) is 68.7 Å². The summed E-state index contributed by atoms with van der Waals surface area (Å²) in [6, 6.07) is 7.98. The largest absolute Gasteiger partial charge is 0.307 e. The van der Waals surface area contributed by atoms with Gasteiger partial charge in [-0.2, -0.15) is 0 Å². The molecule has 0 saturated heterocycles. The predicted octanol–water partition coefficient (Wildman–Crippen LogP) is 4.92. The molecule has 2 unspecified atom stereocenters. The van der Waals surface area contributed by atoms with Crippen molar-refractivity contribution in [3.05, 3.63) is 34.9 Å². The Labute approximate surface area is 118 Å². The van der Waals surface area contributed by atoms with E-state index in [9.17, 15) is 0 Å². The van der Waals surface area contributed by atoms with Crippen LogP contribution < -0.4 is 5.32 Å². The molecular weight excluding hydrogens is 230 g/mol. The fourth-order valence-corrected chi connectivity index (χ4v) is 3.52. The van der Waals surface area contributed by atoms with E-state index in [1.165, 1.54) is 48.8 Å². The molecule has 1 aliphatic rings. The lowest BCUT2D eigenvalue weighted by Gasteiger charge is -2.31. The first kappa shape index (κ1) is 14.6. The second-order valence-corrected chi connectivity index (χ2v) is 6.50. The minimum Gasteiger partial charge on any atom is -0.307 e. The summed E-state index contributed by atoms with van der Waals surface area (Å²) < 4.78 is 0. The fourth-order valence-electron chi connectivity index (χ4n) is 3.52. The van der Waals surface area contributed by atoms with Gasteiger partial charge in [-0.05, 0) is 52.0 Å². The van der Waals surface area contributed by atoms with Gasteiger partial charge in [-0.25, -0.2) is 0 Å².